The Labute approximate surface area is 122 Å². The van der Waals surface area contributed by atoms with Crippen LogP contribution in [0.5, 0.6) is 11.5 Å². The summed E-state index contributed by atoms with van der Waals surface area (Å²) in [4.78, 5) is 11.0. The first-order valence-electron chi connectivity index (χ1n) is 5.76. The quantitative estimate of drug-likeness (QED) is 0.927. The Morgan fingerprint density at radius 1 is 1.38 bits per heavy atom. The van der Waals surface area contributed by atoms with Gasteiger partial charge in [-0.3, -0.25) is 4.79 Å². The lowest BCUT2D eigenvalue weighted by Gasteiger charge is -2.15. The van der Waals surface area contributed by atoms with Gasteiger partial charge in [0, 0.05) is 11.3 Å². The Kier molecular flexibility index (Phi) is 4.61. The first-order chi connectivity index (χ1) is 9.89. The number of amides is 1. The van der Waals surface area contributed by atoms with Crippen LogP contribution in [0.15, 0.2) is 23.3 Å². The number of hydrogen-bond acceptors (Lipinski definition) is 5. The van der Waals surface area contributed by atoms with Crippen LogP contribution >= 0.6 is 11.8 Å². The molecule has 0 saturated heterocycles. The lowest BCUT2D eigenvalue weighted by atomic mass is 10.1. The first kappa shape index (κ1) is 15.5. The van der Waals surface area contributed by atoms with Crippen molar-refractivity contribution in [3.8, 4) is 11.5 Å². The fourth-order valence-electron chi connectivity index (χ4n) is 1.59. The summed E-state index contributed by atoms with van der Waals surface area (Å²) in [6.45, 7) is -1.39. The number of rotatable bonds is 4. The van der Waals surface area contributed by atoms with Gasteiger partial charge in [0.1, 0.15) is 0 Å². The molecule has 5 nitrogen and oxygen atoms in total. The second kappa shape index (κ2) is 6.25. The van der Waals surface area contributed by atoms with Gasteiger partial charge >= 0.3 is 6.18 Å². The minimum Gasteiger partial charge on any atom is -0.493 e. The van der Waals surface area contributed by atoms with Crippen molar-refractivity contribution in [2.45, 2.75) is 6.18 Å². The van der Waals surface area contributed by atoms with Crippen LogP contribution in [0.3, 0.4) is 0 Å². The van der Waals surface area contributed by atoms with Gasteiger partial charge in [0.25, 0.3) is 5.24 Å². The van der Waals surface area contributed by atoms with E-state index in [0.29, 0.717) is 17.0 Å². The van der Waals surface area contributed by atoms with Gasteiger partial charge in [0.2, 0.25) is 0 Å². The zero-order chi connectivity index (χ0) is 15.5. The van der Waals surface area contributed by atoms with Crippen LogP contribution in [-0.2, 0) is 0 Å². The molecule has 0 aromatic heterocycles. The topological polar surface area (TPSA) is 59.9 Å². The highest BCUT2D eigenvalue weighted by atomic mass is 32.2. The molecule has 2 rings (SSSR count). The highest BCUT2D eigenvalue weighted by Gasteiger charge is 2.29. The molecular weight excluding hydrogens is 309 g/mol. The maximum atomic E-state index is 12.2. The number of ether oxygens (including phenoxy) is 2. The van der Waals surface area contributed by atoms with Crippen molar-refractivity contribution in [1.82, 2.24) is 5.43 Å². The van der Waals surface area contributed by atoms with E-state index in [9.17, 15) is 18.0 Å². The number of thioether (sulfide) groups is 1. The summed E-state index contributed by atoms with van der Waals surface area (Å²) in [5.74, 6) is 0.533. The molecule has 9 heteroatoms. The monoisotopic (exact) mass is 320 g/mol. The summed E-state index contributed by atoms with van der Waals surface area (Å²) < 4.78 is 46.2. The van der Waals surface area contributed by atoms with Crippen molar-refractivity contribution in [3.05, 3.63) is 23.8 Å². The number of hydrogen-bond donors (Lipinski definition) is 1. The average Bonchev–Trinajstić information content (AvgIpc) is 2.45. The molecular formula is C12H11F3N2O3S. The molecule has 1 heterocycles. The molecule has 0 spiro atoms. The molecule has 0 fully saturated rings. The smallest absolute Gasteiger partial charge is 0.422 e. The van der Waals surface area contributed by atoms with Crippen LogP contribution in [0.2, 0.25) is 0 Å². The number of carbonyl (C=O) groups excluding carboxylic acids is 1. The predicted octanol–water partition coefficient (Wildman–Crippen LogP) is 2.80. The molecule has 114 valence electrons. The minimum absolute atomic E-state index is 0.00771. The summed E-state index contributed by atoms with van der Waals surface area (Å²) in [6.07, 6.45) is -4.42. The van der Waals surface area contributed by atoms with Crippen LogP contribution in [0.25, 0.3) is 0 Å². The summed E-state index contributed by atoms with van der Waals surface area (Å²) in [7, 11) is 1.33. The zero-order valence-electron chi connectivity index (χ0n) is 10.9. The lowest BCUT2D eigenvalue weighted by molar-refractivity contribution is -0.153. The molecule has 0 aliphatic carbocycles. The normalized spacial score (nSPS) is 15.2. The van der Waals surface area contributed by atoms with E-state index in [1.165, 1.54) is 19.2 Å². The lowest BCUT2D eigenvalue weighted by Crippen LogP contribution is -2.24. The second-order valence-corrected chi connectivity index (χ2v) is 4.96. The molecule has 21 heavy (non-hydrogen) atoms. The number of halogens is 3. The van der Waals surface area contributed by atoms with Crippen LogP contribution in [0.1, 0.15) is 5.56 Å². The van der Waals surface area contributed by atoms with E-state index in [4.69, 9.17) is 4.74 Å². The van der Waals surface area contributed by atoms with Gasteiger partial charge in [-0.15, -0.1) is 0 Å². The molecule has 1 aromatic rings. The van der Waals surface area contributed by atoms with E-state index in [1.54, 1.807) is 6.07 Å². The highest BCUT2D eigenvalue weighted by Crippen LogP contribution is 2.30. The molecule has 0 atom stereocenters. The molecule has 1 N–H and O–H groups in total. The Bertz CT molecular complexity index is 575. The Morgan fingerprint density at radius 2 is 2.14 bits per heavy atom. The number of nitrogens with one attached hydrogen (secondary N) is 1. The Balaban J connectivity index is 2.18. The largest absolute Gasteiger partial charge is 0.493 e. The summed E-state index contributed by atoms with van der Waals surface area (Å²) in [5, 5.41) is 3.64. The van der Waals surface area contributed by atoms with E-state index >= 15 is 0 Å². The van der Waals surface area contributed by atoms with E-state index in [0.717, 1.165) is 11.8 Å². The summed E-state index contributed by atoms with van der Waals surface area (Å²) >= 11 is 1.05. The van der Waals surface area contributed by atoms with E-state index < -0.39 is 12.8 Å². The fourth-order valence-corrected chi connectivity index (χ4v) is 2.19. The third kappa shape index (κ3) is 4.28. The van der Waals surface area contributed by atoms with Gasteiger partial charge < -0.3 is 9.47 Å². The maximum absolute atomic E-state index is 12.2. The number of benzene rings is 1. The Morgan fingerprint density at radius 3 is 2.71 bits per heavy atom. The second-order valence-electron chi connectivity index (χ2n) is 4.02. The van der Waals surface area contributed by atoms with Crippen molar-refractivity contribution >= 4 is 22.7 Å². The molecule has 1 amide bonds. The Hall–Kier alpha value is -1.90. The zero-order valence-corrected chi connectivity index (χ0v) is 11.7. The third-order valence-electron chi connectivity index (χ3n) is 2.51. The van der Waals surface area contributed by atoms with E-state index in [1.807, 2.05) is 0 Å². The molecule has 1 aromatic carbocycles. The third-order valence-corrected chi connectivity index (χ3v) is 3.28. The molecule has 1 aliphatic heterocycles. The standard InChI is InChI=1S/C12H11F3N2O3S/c1-19-10-4-7(8-5-21-11(18)17-16-8)2-3-9(10)20-6-12(13,14)15/h2-4H,5-6H2,1H3,(H,17,18). The number of nitrogens with zero attached hydrogens (tertiary/aromatic N) is 1. The highest BCUT2D eigenvalue weighted by molar-refractivity contribution is 8.14. The summed E-state index contributed by atoms with van der Waals surface area (Å²) in [6, 6.07) is 4.46. The van der Waals surface area contributed by atoms with Crippen molar-refractivity contribution in [2.75, 3.05) is 19.5 Å². The fraction of sp³-hybridized carbons (Fsp3) is 0.333. The molecule has 0 unspecified atom stereocenters. The van der Waals surface area contributed by atoms with Crippen LogP contribution in [0.4, 0.5) is 18.0 Å². The summed E-state index contributed by atoms with van der Waals surface area (Å²) in [5.41, 5.74) is 3.55. The van der Waals surface area contributed by atoms with Crippen molar-refractivity contribution in [3.63, 3.8) is 0 Å². The molecule has 1 aliphatic rings. The first-order valence-corrected chi connectivity index (χ1v) is 6.75. The average molecular weight is 320 g/mol. The van der Waals surface area contributed by atoms with E-state index in [2.05, 4.69) is 15.3 Å². The van der Waals surface area contributed by atoms with Gasteiger partial charge in [-0.25, -0.2) is 5.43 Å². The minimum atomic E-state index is -4.42. The predicted molar refractivity (Wildman–Crippen MR) is 72.1 cm³/mol. The number of carbonyl (C=O) groups is 1. The van der Waals surface area contributed by atoms with E-state index in [-0.39, 0.29) is 16.7 Å². The van der Waals surface area contributed by atoms with Gasteiger partial charge in [-0.2, -0.15) is 18.3 Å². The van der Waals surface area contributed by atoms with Gasteiger partial charge in [-0.1, -0.05) is 11.8 Å². The van der Waals surface area contributed by atoms with Crippen LogP contribution in [0, 0.1) is 0 Å². The van der Waals surface area contributed by atoms with Gasteiger partial charge in [0.15, 0.2) is 18.1 Å². The number of alkyl halides is 3. The van der Waals surface area contributed by atoms with Gasteiger partial charge in [-0.05, 0) is 18.2 Å². The number of methoxy groups -OCH3 is 1. The molecule has 0 bridgehead atoms. The van der Waals surface area contributed by atoms with Crippen molar-refractivity contribution < 1.29 is 27.4 Å². The van der Waals surface area contributed by atoms with Crippen LogP contribution in [-0.4, -0.2) is 36.6 Å². The molecule has 0 radical (unpaired) electrons. The van der Waals surface area contributed by atoms with Gasteiger partial charge in [0.05, 0.1) is 12.8 Å². The molecule has 0 saturated carbocycles. The number of hydrazone groups is 1. The SMILES string of the molecule is COc1cc(C2=NNC(=O)SC2)ccc1OCC(F)(F)F. The van der Waals surface area contributed by atoms with Crippen LogP contribution < -0.4 is 14.9 Å². The van der Waals surface area contributed by atoms with Crippen molar-refractivity contribution in [2.24, 2.45) is 5.10 Å². The van der Waals surface area contributed by atoms with Crippen molar-refractivity contribution in [1.29, 1.82) is 0 Å². The maximum Gasteiger partial charge on any atom is 0.422 e.